The Labute approximate surface area is 209 Å². The Bertz CT molecular complexity index is 1570. The third kappa shape index (κ3) is 3.38. The van der Waals surface area contributed by atoms with Crippen LogP contribution in [0.3, 0.4) is 0 Å². The van der Waals surface area contributed by atoms with Gasteiger partial charge >= 0.3 is 0 Å². The van der Waals surface area contributed by atoms with Gasteiger partial charge in [0.2, 0.25) is 5.78 Å². The summed E-state index contributed by atoms with van der Waals surface area (Å²) in [7, 11) is 0. The normalized spacial score (nSPS) is 18.6. The minimum Gasteiger partial charge on any atom is -0.395 e. The molecule has 2 aliphatic rings. The van der Waals surface area contributed by atoms with Gasteiger partial charge < -0.3 is 14.6 Å². The lowest BCUT2D eigenvalue weighted by Crippen LogP contribution is -2.41. The molecule has 9 heteroatoms. The first-order chi connectivity index (χ1) is 17.0. The number of hydrogen-bond acceptors (Lipinski definition) is 5. The van der Waals surface area contributed by atoms with Crippen molar-refractivity contribution in [1.82, 2.24) is 14.0 Å². The van der Waals surface area contributed by atoms with Crippen molar-refractivity contribution in [3.8, 4) is 6.07 Å². The molecule has 0 spiro atoms. The van der Waals surface area contributed by atoms with Crippen LogP contribution in [0.5, 0.6) is 0 Å². The number of benzene rings is 2. The Kier molecular flexibility index (Phi) is 5.35. The van der Waals surface area contributed by atoms with E-state index in [4.69, 9.17) is 0 Å². The fourth-order valence-electron chi connectivity index (χ4n) is 5.88. The van der Waals surface area contributed by atoms with Crippen LogP contribution in [-0.2, 0) is 0 Å². The van der Waals surface area contributed by atoms with Gasteiger partial charge in [0.05, 0.1) is 45.7 Å². The molecule has 3 heterocycles. The summed E-state index contributed by atoms with van der Waals surface area (Å²) < 4.78 is 20.4. The number of aromatic nitrogens is 3. The highest BCUT2D eigenvalue weighted by Gasteiger charge is 2.35. The smallest absolute Gasteiger partial charge is 0.283 e. The second-order valence-corrected chi connectivity index (χ2v) is 10.7. The summed E-state index contributed by atoms with van der Waals surface area (Å²) in [5, 5.41) is 19.7. The zero-order chi connectivity index (χ0) is 24.3. The van der Waals surface area contributed by atoms with E-state index in [2.05, 4.69) is 31.6 Å². The zero-order valence-corrected chi connectivity index (χ0v) is 20.8. The minimum absolute atomic E-state index is 0.183. The molecule has 2 aromatic carbocycles. The molecule has 0 amide bonds. The SMILES string of the molecule is N#CC1(CO)CCN(c2cc3c(cc2F)n2c4cccc(Br)c4c(=O)nc2n3C2CCCC2)CC1. The standard InChI is InChI=1S/C26H25BrFN5O2/c27-17-6-3-7-19-23(17)24(35)30-25-32(16-4-1-2-5-16)22-13-20(18(28)12-21(22)33(19)25)31-10-8-26(14-29,15-34)9-11-31/h3,6-7,12-13,16,34H,1-2,4-5,8-11,15H2. The van der Waals surface area contributed by atoms with Crippen molar-refractivity contribution >= 4 is 49.3 Å². The van der Waals surface area contributed by atoms with E-state index in [1.165, 1.54) is 0 Å². The lowest BCUT2D eigenvalue weighted by atomic mass is 9.80. The van der Waals surface area contributed by atoms with Crippen molar-refractivity contribution in [3.05, 3.63) is 51.0 Å². The molecular weight excluding hydrogens is 513 g/mol. The molecular formula is C26H25BrFN5O2. The van der Waals surface area contributed by atoms with Crippen LogP contribution in [0.15, 0.2) is 39.6 Å². The number of aliphatic hydroxyl groups excluding tert-OH is 1. The van der Waals surface area contributed by atoms with Crippen molar-refractivity contribution < 1.29 is 9.50 Å². The van der Waals surface area contributed by atoms with Crippen molar-refractivity contribution in [2.24, 2.45) is 5.41 Å². The molecule has 4 aromatic rings. The number of halogens is 2. The van der Waals surface area contributed by atoms with Gasteiger partial charge in [0, 0.05) is 29.7 Å². The first kappa shape index (κ1) is 22.5. The van der Waals surface area contributed by atoms with E-state index >= 15 is 4.39 Å². The number of imidazole rings is 1. The highest BCUT2D eigenvalue weighted by Crippen LogP contribution is 2.39. The van der Waals surface area contributed by atoms with Crippen LogP contribution >= 0.6 is 15.9 Å². The molecule has 1 saturated heterocycles. The number of fused-ring (bicyclic) bond motifs is 5. The molecule has 1 saturated carbocycles. The lowest BCUT2D eigenvalue weighted by Gasteiger charge is -2.37. The maximum Gasteiger partial charge on any atom is 0.283 e. The van der Waals surface area contributed by atoms with Gasteiger partial charge in [-0.25, -0.2) is 4.39 Å². The topological polar surface area (TPSA) is 86.6 Å². The van der Waals surface area contributed by atoms with Crippen LogP contribution in [0.1, 0.15) is 44.6 Å². The van der Waals surface area contributed by atoms with E-state index in [0.29, 0.717) is 58.3 Å². The fourth-order valence-corrected chi connectivity index (χ4v) is 6.41. The highest BCUT2D eigenvalue weighted by atomic mass is 79.9. The summed E-state index contributed by atoms with van der Waals surface area (Å²) >= 11 is 3.49. The Morgan fingerprint density at radius 2 is 1.91 bits per heavy atom. The van der Waals surface area contributed by atoms with Gasteiger partial charge in [-0.05, 0) is 59.8 Å². The first-order valence-electron chi connectivity index (χ1n) is 12.1. The van der Waals surface area contributed by atoms with Gasteiger partial charge in [0.15, 0.2) is 0 Å². The zero-order valence-electron chi connectivity index (χ0n) is 19.2. The molecule has 1 aliphatic heterocycles. The molecule has 6 rings (SSSR count). The molecule has 1 N–H and O–H groups in total. The van der Waals surface area contributed by atoms with Gasteiger partial charge in [-0.15, -0.1) is 0 Å². The van der Waals surface area contributed by atoms with Crippen LogP contribution in [0, 0.1) is 22.6 Å². The molecule has 0 radical (unpaired) electrons. The van der Waals surface area contributed by atoms with Gasteiger partial charge in [-0.1, -0.05) is 18.9 Å². The van der Waals surface area contributed by atoms with E-state index in [0.717, 1.165) is 31.2 Å². The largest absolute Gasteiger partial charge is 0.395 e. The monoisotopic (exact) mass is 537 g/mol. The number of hydrogen-bond donors (Lipinski definition) is 1. The van der Waals surface area contributed by atoms with Gasteiger partial charge in [-0.3, -0.25) is 9.20 Å². The second-order valence-electron chi connectivity index (χ2n) is 9.82. The minimum atomic E-state index is -0.758. The van der Waals surface area contributed by atoms with E-state index in [1.54, 1.807) is 6.07 Å². The fraction of sp³-hybridized carbons (Fsp3) is 0.423. The Hall–Kier alpha value is -2.96. The molecule has 7 nitrogen and oxygen atoms in total. The first-order valence-corrected chi connectivity index (χ1v) is 12.9. The third-order valence-corrected chi connectivity index (χ3v) is 8.56. The van der Waals surface area contributed by atoms with E-state index < -0.39 is 5.41 Å². The number of nitrogens with zero attached hydrogens (tertiary/aromatic N) is 5. The maximum absolute atomic E-state index is 15.7. The molecule has 0 atom stereocenters. The third-order valence-electron chi connectivity index (χ3n) is 7.90. The van der Waals surface area contributed by atoms with E-state index in [9.17, 15) is 15.2 Å². The van der Waals surface area contributed by atoms with E-state index in [-0.39, 0.29) is 24.0 Å². The molecule has 180 valence electrons. The molecule has 2 fully saturated rings. The van der Waals surface area contributed by atoms with Crippen LogP contribution < -0.4 is 10.5 Å². The van der Waals surface area contributed by atoms with Crippen LogP contribution in [-0.4, -0.2) is 38.8 Å². The molecule has 0 unspecified atom stereocenters. The second kappa shape index (κ2) is 8.32. The quantitative estimate of drug-likeness (QED) is 0.400. The maximum atomic E-state index is 15.7. The highest BCUT2D eigenvalue weighted by molar-refractivity contribution is 9.10. The molecule has 0 bridgehead atoms. The number of nitriles is 1. The van der Waals surface area contributed by atoms with Crippen molar-refractivity contribution in [3.63, 3.8) is 0 Å². The molecule has 2 aromatic heterocycles. The summed E-state index contributed by atoms with van der Waals surface area (Å²) in [6.07, 6.45) is 5.16. The number of piperidine rings is 1. The van der Waals surface area contributed by atoms with Crippen molar-refractivity contribution in [2.75, 3.05) is 24.6 Å². The lowest BCUT2D eigenvalue weighted by molar-refractivity contribution is 0.148. The summed E-state index contributed by atoms with van der Waals surface area (Å²) in [4.78, 5) is 19.5. The Morgan fingerprint density at radius 1 is 1.17 bits per heavy atom. The summed E-state index contributed by atoms with van der Waals surface area (Å²) in [5.74, 6) is 0.194. The number of anilines is 1. The van der Waals surface area contributed by atoms with Crippen LogP contribution in [0.25, 0.3) is 27.7 Å². The van der Waals surface area contributed by atoms with Gasteiger partial charge in [-0.2, -0.15) is 10.2 Å². The average molecular weight is 538 g/mol. The van der Waals surface area contributed by atoms with Crippen molar-refractivity contribution in [1.29, 1.82) is 5.26 Å². The summed E-state index contributed by atoms with van der Waals surface area (Å²) in [6.45, 7) is 0.801. The summed E-state index contributed by atoms with van der Waals surface area (Å²) in [6, 6.07) is 11.4. The van der Waals surface area contributed by atoms with Crippen LogP contribution in [0.2, 0.25) is 0 Å². The average Bonchev–Trinajstić information content (AvgIpc) is 3.49. The Morgan fingerprint density at radius 3 is 2.60 bits per heavy atom. The predicted octanol–water partition coefficient (Wildman–Crippen LogP) is 4.92. The number of aliphatic hydroxyl groups is 1. The Balaban J connectivity index is 1.60. The number of rotatable bonds is 3. The van der Waals surface area contributed by atoms with Gasteiger partial charge in [0.25, 0.3) is 5.56 Å². The molecule has 35 heavy (non-hydrogen) atoms. The molecule has 1 aliphatic carbocycles. The van der Waals surface area contributed by atoms with Crippen molar-refractivity contribution in [2.45, 2.75) is 44.6 Å². The van der Waals surface area contributed by atoms with Gasteiger partial charge in [0.1, 0.15) is 5.82 Å². The van der Waals surface area contributed by atoms with E-state index in [1.807, 2.05) is 33.6 Å². The predicted molar refractivity (Wildman–Crippen MR) is 136 cm³/mol. The summed E-state index contributed by atoms with van der Waals surface area (Å²) in [5.41, 5.74) is 1.66. The van der Waals surface area contributed by atoms with Crippen LogP contribution in [0.4, 0.5) is 10.1 Å².